The Bertz CT molecular complexity index is 970. The first-order valence-electron chi connectivity index (χ1n) is 9.33. The van der Waals surface area contributed by atoms with E-state index in [2.05, 4.69) is 16.5 Å². The van der Waals surface area contributed by atoms with Crippen molar-refractivity contribution in [1.82, 2.24) is 14.5 Å². The highest BCUT2D eigenvalue weighted by Gasteiger charge is 2.38. The minimum Gasteiger partial charge on any atom is -0.369 e. The van der Waals surface area contributed by atoms with Gasteiger partial charge in [-0.1, -0.05) is 33.7 Å². The SMILES string of the molecule is C=C(CN)Cc1cn([C@H]2CC(OCSSC)[C@@H](COP(O)O)O2)c2nc(N)[nH]c(=O)c12. The van der Waals surface area contributed by atoms with Gasteiger partial charge in [0.2, 0.25) is 5.95 Å². The van der Waals surface area contributed by atoms with E-state index in [1.807, 2.05) is 6.26 Å². The molecular formula is C17H26N5O6PS2. The molecule has 1 fully saturated rings. The zero-order chi connectivity index (χ0) is 22.5. The number of nitrogen functional groups attached to an aromatic ring is 1. The van der Waals surface area contributed by atoms with Crippen molar-refractivity contribution in [3.05, 3.63) is 34.3 Å². The van der Waals surface area contributed by atoms with Crippen molar-refractivity contribution >= 4 is 47.2 Å². The van der Waals surface area contributed by atoms with E-state index in [4.69, 9.17) is 35.3 Å². The molecule has 0 aromatic carbocycles. The second kappa shape index (κ2) is 11.1. The molecule has 3 rings (SSSR count). The van der Waals surface area contributed by atoms with Crippen LogP contribution >= 0.6 is 30.2 Å². The van der Waals surface area contributed by atoms with Crippen LogP contribution in [0.15, 0.2) is 23.1 Å². The quantitative estimate of drug-likeness (QED) is 0.101. The summed E-state index contributed by atoms with van der Waals surface area (Å²) in [4.78, 5) is 37.7. The van der Waals surface area contributed by atoms with Gasteiger partial charge < -0.3 is 39.8 Å². The summed E-state index contributed by atoms with van der Waals surface area (Å²) in [5, 5.41) is 0.400. The third-order valence-corrected chi connectivity index (χ3v) is 6.65. The monoisotopic (exact) mass is 491 g/mol. The van der Waals surface area contributed by atoms with Gasteiger partial charge in [0.15, 0.2) is 5.65 Å². The van der Waals surface area contributed by atoms with E-state index >= 15 is 0 Å². The lowest BCUT2D eigenvalue weighted by Gasteiger charge is -2.18. The highest BCUT2D eigenvalue weighted by Crippen LogP contribution is 2.37. The van der Waals surface area contributed by atoms with E-state index in [0.29, 0.717) is 41.9 Å². The van der Waals surface area contributed by atoms with Crippen LogP contribution in [0.2, 0.25) is 0 Å². The summed E-state index contributed by atoms with van der Waals surface area (Å²) < 4.78 is 18.8. The average Bonchev–Trinajstić information content (AvgIpc) is 3.27. The summed E-state index contributed by atoms with van der Waals surface area (Å²) in [6.07, 6.45) is 3.21. The number of aromatic nitrogens is 3. The van der Waals surface area contributed by atoms with Crippen molar-refractivity contribution in [3.63, 3.8) is 0 Å². The van der Waals surface area contributed by atoms with Crippen LogP contribution in [0, 0.1) is 0 Å². The van der Waals surface area contributed by atoms with Crippen molar-refractivity contribution in [2.24, 2.45) is 5.73 Å². The Balaban J connectivity index is 1.93. The molecule has 0 saturated carbocycles. The first-order chi connectivity index (χ1) is 14.8. The minimum absolute atomic E-state index is 0.00527. The van der Waals surface area contributed by atoms with Crippen LogP contribution in [0.5, 0.6) is 0 Å². The van der Waals surface area contributed by atoms with Gasteiger partial charge in [0, 0.05) is 19.2 Å². The van der Waals surface area contributed by atoms with Gasteiger partial charge in [0.05, 0.1) is 18.1 Å². The van der Waals surface area contributed by atoms with Crippen LogP contribution in [0.1, 0.15) is 18.2 Å². The fourth-order valence-electron chi connectivity index (χ4n) is 3.44. The number of H-pyrrole nitrogens is 1. The predicted octanol–water partition coefficient (Wildman–Crippen LogP) is 1.23. The summed E-state index contributed by atoms with van der Waals surface area (Å²) >= 11 is 0. The van der Waals surface area contributed by atoms with Crippen molar-refractivity contribution < 1.29 is 23.8 Å². The third-order valence-electron chi connectivity index (χ3n) is 4.80. The van der Waals surface area contributed by atoms with Gasteiger partial charge in [-0.3, -0.25) is 9.78 Å². The van der Waals surface area contributed by atoms with Gasteiger partial charge in [-0.05, 0) is 18.2 Å². The second-order valence-electron chi connectivity index (χ2n) is 6.86. The van der Waals surface area contributed by atoms with Gasteiger partial charge in [-0.25, -0.2) is 0 Å². The van der Waals surface area contributed by atoms with E-state index in [9.17, 15) is 4.79 Å². The lowest BCUT2D eigenvalue weighted by Crippen LogP contribution is -2.28. The Morgan fingerprint density at radius 2 is 2.32 bits per heavy atom. The predicted molar refractivity (Wildman–Crippen MR) is 123 cm³/mol. The maximum absolute atomic E-state index is 12.6. The van der Waals surface area contributed by atoms with Gasteiger partial charge in [-0.15, -0.1) is 0 Å². The van der Waals surface area contributed by atoms with Gasteiger partial charge >= 0.3 is 8.60 Å². The van der Waals surface area contributed by atoms with Gasteiger partial charge in [-0.2, -0.15) is 4.98 Å². The molecule has 1 saturated heterocycles. The first kappa shape index (κ1) is 24.5. The molecule has 0 bridgehead atoms. The van der Waals surface area contributed by atoms with E-state index in [1.54, 1.807) is 21.6 Å². The van der Waals surface area contributed by atoms with E-state index in [-0.39, 0.29) is 24.2 Å². The van der Waals surface area contributed by atoms with E-state index in [0.717, 1.165) is 5.57 Å². The standard InChI is InChI=1S/C17H26N5O6PS2/c1-9(5-18)3-10-6-22(15-14(10)16(23)21-17(19)20-15)13-4-11(26-8-31-30-2)12(28-13)7-27-29(24)25/h6,11-13,24-25H,1,3-5,7-8,18H2,2H3,(H3,19,20,21,23)/t11?,12-,13-/m1/s1. The summed E-state index contributed by atoms with van der Waals surface area (Å²) in [5.41, 5.74) is 13.0. The fraction of sp³-hybridized carbons (Fsp3) is 0.529. The molecule has 11 nitrogen and oxygen atoms in total. The molecule has 0 radical (unpaired) electrons. The number of aromatic amines is 1. The highest BCUT2D eigenvalue weighted by atomic mass is 33.1. The number of hydrogen-bond acceptors (Lipinski definition) is 11. The lowest BCUT2D eigenvalue weighted by atomic mass is 10.1. The van der Waals surface area contributed by atoms with Crippen LogP contribution in [-0.2, 0) is 20.4 Å². The van der Waals surface area contributed by atoms with Crippen molar-refractivity contribution in [2.75, 3.05) is 31.1 Å². The number of hydrogen-bond donors (Lipinski definition) is 5. The largest absolute Gasteiger partial charge is 0.369 e. The average molecular weight is 492 g/mol. The van der Waals surface area contributed by atoms with Crippen LogP contribution < -0.4 is 17.0 Å². The number of anilines is 1. The molecule has 0 amide bonds. The number of nitrogens with zero attached hydrogens (tertiary/aromatic N) is 2. The normalized spacial score (nSPS) is 21.4. The molecule has 0 spiro atoms. The highest BCUT2D eigenvalue weighted by molar-refractivity contribution is 8.76. The molecule has 172 valence electrons. The zero-order valence-corrected chi connectivity index (χ0v) is 19.4. The van der Waals surface area contributed by atoms with Gasteiger partial charge in [0.1, 0.15) is 18.3 Å². The lowest BCUT2D eigenvalue weighted by molar-refractivity contribution is -0.0497. The topological polar surface area (TPSA) is 171 Å². The number of ether oxygens (including phenoxy) is 2. The molecule has 14 heteroatoms. The number of rotatable bonds is 11. The van der Waals surface area contributed by atoms with Crippen LogP contribution in [0.3, 0.4) is 0 Å². The number of fused-ring (bicyclic) bond motifs is 1. The molecular weight excluding hydrogens is 465 g/mol. The molecule has 3 atom stereocenters. The molecule has 2 aromatic heterocycles. The van der Waals surface area contributed by atoms with Crippen molar-refractivity contribution in [2.45, 2.75) is 31.3 Å². The Morgan fingerprint density at radius 3 is 3.00 bits per heavy atom. The Morgan fingerprint density at radius 1 is 1.55 bits per heavy atom. The molecule has 2 aromatic rings. The molecule has 1 aliphatic heterocycles. The summed E-state index contributed by atoms with van der Waals surface area (Å²) in [5.74, 6) is 0.430. The van der Waals surface area contributed by atoms with E-state index < -0.39 is 20.9 Å². The summed E-state index contributed by atoms with van der Waals surface area (Å²) in [6, 6.07) is 0. The maximum Gasteiger partial charge on any atom is 0.327 e. The Labute approximate surface area is 187 Å². The smallest absolute Gasteiger partial charge is 0.327 e. The molecule has 1 unspecified atom stereocenters. The summed E-state index contributed by atoms with van der Waals surface area (Å²) in [6.45, 7) is 4.17. The second-order valence-corrected chi connectivity index (χ2v) is 10.1. The Hall–Kier alpha value is -1.15. The van der Waals surface area contributed by atoms with Crippen molar-refractivity contribution in [1.29, 1.82) is 0 Å². The minimum atomic E-state index is -2.51. The number of nitrogens with one attached hydrogen (secondary N) is 1. The van der Waals surface area contributed by atoms with Crippen LogP contribution in [-0.4, -0.2) is 61.9 Å². The van der Waals surface area contributed by atoms with E-state index in [1.165, 1.54) is 10.8 Å². The van der Waals surface area contributed by atoms with Crippen molar-refractivity contribution in [3.8, 4) is 0 Å². The molecule has 3 heterocycles. The molecule has 1 aliphatic rings. The van der Waals surface area contributed by atoms with Crippen LogP contribution in [0.25, 0.3) is 11.0 Å². The summed E-state index contributed by atoms with van der Waals surface area (Å²) in [7, 11) is 0.601. The van der Waals surface area contributed by atoms with Gasteiger partial charge in [0.25, 0.3) is 5.56 Å². The molecule has 0 aliphatic carbocycles. The first-order valence-corrected chi connectivity index (χ1v) is 13.2. The zero-order valence-electron chi connectivity index (χ0n) is 16.9. The Kier molecular flexibility index (Phi) is 8.79. The fourth-order valence-corrected chi connectivity index (χ4v) is 4.51. The third kappa shape index (κ3) is 6.01. The maximum atomic E-state index is 12.6. The number of nitrogens with two attached hydrogens (primary N) is 2. The molecule has 31 heavy (non-hydrogen) atoms. The molecule has 7 N–H and O–H groups in total. The van der Waals surface area contributed by atoms with Crippen LogP contribution in [0.4, 0.5) is 5.95 Å².